The second-order valence-electron chi connectivity index (χ2n) is 15.1. The highest BCUT2D eigenvalue weighted by Gasteiger charge is 2.45. The smallest absolute Gasteiger partial charge is 0.259 e. The van der Waals surface area contributed by atoms with Gasteiger partial charge in [0.25, 0.3) is 11.8 Å². The SMILES string of the molecule is O=C1NC(=O)c2c1c1c3cc(F)c(F)cc3[nH]c1c1c2c2cc(F)c(F)cc2n1[C@@H]1O[C@H](COCc2ccccc2)C[C@H](OCc2ccccc2)[C@H]1OCc1ccccc1. The second kappa shape index (κ2) is 15.3. The largest absolute Gasteiger partial charge is 0.374 e. The average Bonchev–Trinajstić information content (AvgIpc) is 3.88. The minimum atomic E-state index is -1.20. The van der Waals surface area contributed by atoms with E-state index in [0.717, 1.165) is 41.0 Å². The lowest BCUT2D eigenvalue weighted by Gasteiger charge is -2.42. The summed E-state index contributed by atoms with van der Waals surface area (Å²) in [6.07, 6.45) is -3.14. The van der Waals surface area contributed by atoms with Crippen molar-refractivity contribution < 1.29 is 46.1 Å². The van der Waals surface area contributed by atoms with Gasteiger partial charge < -0.3 is 28.5 Å². The molecule has 1 saturated heterocycles. The number of aromatic nitrogens is 2. The number of H-pyrrole nitrogens is 1. The summed E-state index contributed by atoms with van der Waals surface area (Å²) in [7, 11) is 0. The van der Waals surface area contributed by atoms with Crippen LogP contribution in [0.15, 0.2) is 115 Å². The predicted molar refractivity (Wildman–Crippen MR) is 215 cm³/mol. The zero-order valence-electron chi connectivity index (χ0n) is 31.7. The number of benzene rings is 6. The minimum Gasteiger partial charge on any atom is -0.374 e. The monoisotopic (exact) mass is 813 g/mol. The minimum absolute atomic E-state index is 0.0949. The zero-order valence-corrected chi connectivity index (χ0v) is 31.7. The Balaban J connectivity index is 1.22. The van der Waals surface area contributed by atoms with E-state index in [2.05, 4.69) is 10.3 Å². The standard InChI is InChI=1S/C47H35F4N3O6/c48-31-17-29-35(19-33(31)50)52-42-38(29)40-41(46(56)53-45(40)55)39-30-18-32(49)34(51)20-36(30)54(43(39)42)47-44(59-23-27-14-8-3-9-15-27)37(58-22-26-12-6-2-7-13-26)16-28(60-47)24-57-21-25-10-4-1-5-11-25/h1-15,17-20,28,37,44,47,52H,16,21-24H2,(H,53,55,56)/t28-,37-,44+,47+/m0/s1. The van der Waals surface area contributed by atoms with Gasteiger partial charge >= 0.3 is 0 Å². The number of hydrogen-bond donors (Lipinski definition) is 2. The van der Waals surface area contributed by atoms with Crippen molar-refractivity contribution in [3.8, 4) is 0 Å². The van der Waals surface area contributed by atoms with E-state index in [0.29, 0.717) is 6.42 Å². The van der Waals surface area contributed by atoms with Gasteiger partial charge in [0.15, 0.2) is 29.5 Å². The molecule has 60 heavy (non-hydrogen) atoms. The van der Waals surface area contributed by atoms with E-state index in [1.54, 1.807) is 4.57 Å². The molecule has 2 aliphatic rings. The van der Waals surface area contributed by atoms with Gasteiger partial charge in [-0.15, -0.1) is 0 Å². The highest BCUT2D eigenvalue weighted by molar-refractivity contribution is 6.39. The number of ether oxygens (including phenoxy) is 4. The van der Waals surface area contributed by atoms with Crippen LogP contribution in [0.4, 0.5) is 17.6 Å². The molecule has 0 radical (unpaired) electrons. The van der Waals surface area contributed by atoms with Crippen molar-refractivity contribution in [2.24, 2.45) is 0 Å². The Morgan fingerprint density at radius 3 is 1.85 bits per heavy atom. The lowest BCUT2D eigenvalue weighted by Crippen LogP contribution is -2.49. The van der Waals surface area contributed by atoms with Gasteiger partial charge in [0, 0.05) is 45.6 Å². The highest BCUT2D eigenvalue weighted by atomic mass is 19.2. The summed E-state index contributed by atoms with van der Waals surface area (Å²) < 4.78 is 89.2. The summed E-state index contributed by atoms with van der Waals surface area (Å²) in [6, 6.07) is 32.6. The van der Waals surface area contributed by atoms with Gasteiger partial charge in [-0.2, -0.15) is 0 Å². The fourth-order valence-corrected chi connectivity index (χ4v) is 8.63. The van der Waals surface area contributed by atoms with Crippen LogP contribution in [0.2, 0.25) is 0 Å². The number of aromatic amines is 1. The fraction of sp³-hybridized carbons (Fsp3) is 0.191. The normalized spacial score (nSPS) is 19.2. The molecule has 0 saturated carbocycles. The van der Waals surface area contributed by atoms with E-state index >= 15 is 8.78 Å². The van der Waals surface area contributed by atoms with Crippen LogP contribution in [0.3, 0.4) is 0 Å². The molecular weight excluding hydrogens is 779 g/mol. The van der Waals surface area contributed by atoms with E-state index in [9.17, 15) is 18.4 Å². The number of nitrogens with zero attached hydrogens (tertiary/aromatic N) is 1. The lowest BCUT2D eigenvalue weighted by atomic mass is 9.96. The van der Waals surface area contributed by atoms with Gasteiger partial charge in [-0.25, -0.2) is 17.6 Å². The van der Waals surface area contributed by atoms with Gasteiger partial charge in [0.2, 0.25) is 0 Å². The van der Waals surface area contributed by atoms with Gasteiger partial charge in [0.1, 0.15) is 6.10 Å². The van der Waals surface area contributed by atoms with E-state index in [4.69, 9.17) is 18.9 Å². The summed E-state index contributed by atoms with van der Waals surface area (Å²) in [6.45, 7) is 0.702. The third-order valence-electron chi connectivity index (χ3n) is 11.3. The van der Waals surface area contributed by atoms with Crippen LogP contribution < -0.4 is 5.32 Å². The van der Waals surface area contributed by atoms with Gasteiger partial charge in [-0.1, -0.05) is 91.0 Å². The van der Waals surface area contributed by atoms with Gasteiger partial charge in [-0.05, 0) is 28.8 Å². The van der Waals surface area contributed by atoms with Crippen LogP contribution in [-0.4, -0.2) is 46.3 Å². The molecule has 6 aromatic carbocycles. The molecule has 0 spiro atoms. The number of carbonyl (C=O) groups excluding carboxylic acids is 2. The molecule has 0 bridgehead atoms. The third kappa shape index (κ3) is 6.59. The molecule has 10 rings (SSSR count). The molecule has 302 valence electrons. The van der Waals surface area contributed by atoms with Crippen LogP contribution >= 0.6 is 0 Å². The van der Waals surface area contributed by atoms with Crippen molar-refractivity contribution in [2.75, 3.05) is 6.61 Å². The van der Waals surface area contributed by atoms with Gasteiger partial charge in [-0.3, -0.25) is 14.9 Å². The molecule has 2 aliphatic heterocycles. The first-order valence-electron chi connectivity index (χ1n) is 19.5. The Kier molecular flexibility index (Phi) is 9.68. The summed E-state index contributed by atoms with van der Waals surface area (Å²) in [4.78, 5) is 30.6. The highest BCUT2D eigenvalue weighted by Crippen LogP contribution is 2.47. The Morgan fingerprint density at radius 1 is 0.650 bits per heavy atom. The summed E-state index contributed by atoms with van der Waals surface area (Å²) in [5.74, 6) is -6.27. The molecular formula is C47H35F4N3O6. The number of hydrogen-bond acceptors (Lipinski definition) is 6. The number of rotatable bonds is 11. The predicted octanol–water partition coefficient (Wildman–Crippen LogP) is 9.54. The molecule has 13 heteroatoms. The van der Waals surface area contributed by atoms with E-state index in [1.807, 2.05) is 91.0 Å². The van der Waals surface area contributed by atoms with Crippen molar-refractivity contribution in [2.45, 2.75) is 50.8 Å². The molecule has 2 aromatic heterocycles. The maximum Gasteiger partial charge on any atom is 0.259 e. The maximum atomic E-state index is 15.6. The molecule has 8 aromatic rings. The summed E-state index contributed by atoms with van der Waals surface area (Å²) >= 11 is 0. The van der Waals surface area contributed by atoms with Crippen LogP contribution in [-0.2, 0) is 38.8 Å². The van der Waals surface area contributed by atoms with Crippen LogP contribution in [0.1, 0.15) is 50.1 Å². The summed E-state index contributed by atoms with van der Waals surface area (Å²) in [5.41, 5.74) is 3.06. The first kappa shape index (κ1) is 37.9. The molecule has 0 aliphatic carbocycles. The van der Waals surface area contributed by atoms with Crippen molar-refractivity contribution in [1.82, 2.24) is 14.9 Å². The number of fused-ring (bicyclic) bond motifs is 10. The van der Waals surface area contributed by atoms with E-state index in [1.165, 1.54) is 0 Å². The first-order valence-corrected chi connectivity index (χ1v) is 19.5. The average molecular weight is 814 g/mol. The van der Waals surface area contributed by atoms with E-state index < -0.39 is 59.6 Å². The topological polar surface area (TPSA) is 104 Å². The fourth-order valence-electron chi connectivity index (χ4n) is 8.63. The summed E-state index contributed by atoms with van der Waals surface area (Å²) in [5, 5.41) is 2.78. The first-order chi connectivity index (χ1) is 29.2. The van der Waals surface area contributed by atoms with E-state index in [-0.39, 0.29) is 81.2 Å². The second-order valence-corrected chi connectivity index (χ2v) is 15.1. The lowest BCUT2D eigenvalue weighted by molar-refractivity contribution is -0.238. The third-order valence-corrected chi connectivity index (χ3v) is 11.3. The number of halogens is 4. The van der Waals surface area contributed by atoms with Crippen LogP contribution in [0.5, 0.6) is 0 Å². The van der Waals surface area contributed by atoms with Crippen molar-refractivity contribution in [1.29, 1.82) is 0 Å². The molecule has 9 nitrogen and oxygen atoms in total. The molecule has 4 heterocycles. The van der Waals surface area contributed by atoms with Gasteiger partial charge in [0.05, 0.1) is 66.3 Å². The number of carbonyl (C=O) groups is 2. The number of imide groups is 1. The van der Waals surface area contributed by atoms with Crippen LogP contribution in [0.25, 0.3) is 43.6 Å². The molecule has 1 fully saturated rings. The molecule has 0 unspecified atom stereocenters. The van der Waals surface area contributed by atoms with Crippen molar-refractivity contribution in [3.05, 3.63) is 166 Å². The van der Waals surface area contributed by atoms with Crippen LogP contribution in [0, 0.1) is 23.3 Å². The number of nitrogens with one attached hydrogen (secondary N) is 2. The molecule has 4 atom stereocenters. The molecule has 2 N–H and O–H groups in total. The maximum absolute atomic E-state index is 15.6. The Morgan fingerprint density at radius 2 is 1.20 bits per heavy atom. The number of amides is 2. The Labute approximate surface area is 339 Å². The molecule has 2 amide bonds. The van der Waals surface area contributed by atoms with Crippen molar-refractivity contribution in [3.63, 3.8) is 0 Å². The zero-order chi connectivity index (χ0) is 41.1. The Hall–Kier alpha value is -6.38. The Bertz CT molecular complexity index is 2960. The quantitative estimate of drug-likeness (QED) is 0.0997. The van der Waals surface area contributed by atoms with Crippen molar-refractivity contribution >= 4 is 55.4 Å².